The second kappa shape index (κ2) is 9.61. The highest BCUT2D eigenvalue weighted by Crippen LogP contribution is 2.22. The minimum atomic E-state index is -0.313. The van der Waals surface area contributed by atoms with Crippen LogP contribution >= 0.6 is 34.8 Å². The van der Waals surface area contributed by atoms with Gasteiger partial charge in [-0.2, -0.15) is 0 Å². The molecular formula is C22H15Cl3N2O2. The van der Waals surface area contributed by atoms with Gasteiger partial charge in [0.2, 0.25) is 5.91 Å². The van der Waals surface area contributed by atoms with E-state index in [-0.39, 0.29) is 11.8 Å². The third-order valence-corrected chi connectivity index (χ3v) is 4.67. The van der Waals surface area contributed by atoms with Crippen molar-refractivity contribution < 1.29 is 9.59 Å². The van der Waals surface area contributed by atoms with Crippen molar-refractivity contribution in [3.8, 4) is 0 Å². The maximum absolute atomic E-state index is 12.2. The molecule has 0 fully saturated rings. The van der Waals surface area contributed by atoms with Crippen LogP contribution in [0, 0.1) is 0 Å². The summed E-state index contributed by atoms with van der Waals surface area (Å²) in [4.78, 5) is 24.3. The van der Waals surface area contributed by atoms with Crippen molar-refractivity contribution >= 4 is 64.1 Å². The fraction of sp³-hybridized carbons (Fsp3) is 0. The Kier molecular flexibility index (Phi) is 6.94. The molecule has 0 aliphatic heterocycles. The van der Waals surface area contributed by atoms with Gasteiger partial charge in [0.1, 0.15) is 0 Å². The second-order valence-corrected chi connectivity index (χ2v) is 7.31. The van der Waals surface area contributed by atoms with E-state index < -0.39 is 0 Å². The van der Waals surface area contributed by atoms with E-state index >= 15 is 0 Å². The second-order valence-electron chi connectivity index (χ2n) is 6.03. The molecule has 2 N–H and O–H groups in total. The lowest BCUT2D eigenvalue weighted by molar-refractivity contribution is -0.111. The van der Waals surface area contributed by atoms with E-state index in [2.05, 4.69) is 10.6 Å². The minimum absolute atomic E-state index is 0.271. The molecule has 2 amide bonds. The zero-order valence-corrected chi connectivity index (χ0v) is 17.2. The van der Waals surface area contributed by atoms with E-state index in [1.165, 1.54) is 6.08 Å². The van der Waals surface area contributed by atoms with Gasteiger partial charge >= 0.3 is 0 Å². The van der Waals surface area contributed by atoms with E-state index in [4.69, 9.17) is 34.8 Å². The molecule has 0 saturated carbocycles. The summed E-state index contributed by atoms with van der Waals surface area (Å²) < 4.78 is 0. The number of carbonyl (C=O) groups excluding carboxylic acids is 2. The Hall–Kier alpha value is -2.79. The lowest BCUT2D eigenvalue weighted by Gasteiger charge is -2.07. The molecule has 0 unspecified atom stereocenters. The van der Waals surface area contributed by atoms with Crippen molar-refractivity contribution in [3.05, 3.63) is 99.0 Å². The molecule has 3 rings (SSSR count). The zero-order valence-electron chi connectivity index (χ0n) is 15.0. The van der Waals surface area contributed by atoms with Crippen LogP contribution in [0.3, 0.4) is 0 Å². The van der Waals surface area contributed by atoms with E-state index in [0.717, 1.165) is 0 Å². The normalized spacial score (nSPS) is 10.7. The van der Waals surface area contributed by atoms with E-state index in [1.807, 2.05) is 0 Å². The van der Waals surface area contributed by atoms with Gasteiger partial charge in [0.25, 0.3) is 5.91 Å². The summed E-state index contributed by atoms with van der Waals surface area (Å²) in [5.41, 5.74) is 2.32. The number of anilines is 2. The largest absolute Gasteiger partial charge is 0.323 e. The van der Waals surface area contributed by atoms with Crippen molar-refractivity contribution in [2.75, 3.05) is 10.6 Å². The van der Waals surface area contributed by atoms with E-state index in [0.29, 0.717) is 37.6 Å². The van der Waals surface area contributed by atoms with Gasteiger partial charge in [-0.05, 0) is 66.2 Å². The summed E-state index contributed by atoms with van der Waals surface area (Å²) >= 11 is 17.8. The fourth-order valence-electron chi connectivity index (χ4n) is 2.46. The summed E-state index contributed by atoms with van der Waals surface area (Å²) in [7, 11) is 0. The van der Waals surface area contributed by atoms with Gasteiger partial charge in [-0.1, -0.05) is 46.9 Å². The molecule has 0 heterocycles. The number of hydrogen-bond acceptors (Lipinski definition) is 2. The Morgan fingerprint density at radius 1 is 0.759 bits per heavy atom. The molecule has 0 aromatic heterocycles. The molecule has 3 aromatic carbocycles. The number of hydrogen-bond donors (Lipinski definition) is 2. The van der Waals surface area contributed by atoms with Gasteiger partial charge in [0.05, 0.1) is 0 Å². The van der Waals surface area contributed by atoms with Crippen molar-refractivity contribution in [1.82, 2.24) is 0 Å². The van der Waals surface area contributed by atoms with Crippen LogP contribution < -0.4 is 10.6 Å². The number of benzene rings is 3. The fourth-order valence-corrected chi connectivity index (χ4v) is 3.12. The molecule has 0 atom stereocenters. The molecule has 0 radical (unpaired) electrons. The van der Waals surface area contributed by atoms with Gasteiger partial charge in [0.15, 0.2) is 0 Å². The molecule has 4 nitrogen and oxygen atoms in total. The number of rotatable bonds is 5. The number of carbonyl (C=O) groups is 2. The maximum atomic E-state index is 12.2. The molecule has 0 aliphatic rings. The lowest BCUT2D eigenvalue weighted by Crippen LogP contribution is -2.12. The Bertz CT molecular complexity index is 1080. The molecule has 7 heteroatoms. The Labute approximate surface area is 183 Å². The van der Waals surface area contributed by atoms with Crippen LogP contribution in [0.1, 0.15) is 15.9 Å². The predicted octanol–water partition coefficient (Wildman–Crippen LogP) is 6.55. The standard InChI is InChI=1S/C22H15Cl3N2O2/c23-16-3-1-2-15(12-16)22(29)27-19-9-7-18(8-10-19)26-21(28)11-5-14-4-6-17(24)13-20(14)25/h1-13H,(H,26,28)(H,27,29)/b11-5+. The SMILES string of the molecule is O=C(/C=C/c1ccc(Cl)cc1Cl)Nc1ccc(NC(=O)c2cccc(Cl)c2)cc1. The highest BCUT2D eigenvalue weighted by molar-refractivity contribution is 6.35. The molecule has 0 saturated heterocycles. The average Bonchev–Trinajstić information content (AvgIpc) is 2.69. The maximum Gasteiger partial charge on any atom is 0.255 e. The van der Waals surface area contributed by atoms with Crippen molar-refractivity contribution in [2.24, 2.45) is 0 Å². The molecule has 146 valence electrons. The molecule has 0 bridgehead atoms. The lowest BCUT2D eigenvalue weighted by atomic mass is 10.2. The molecule has 3 aromatic rings. The van der Waals surface area contributed by atoms with Crippen LogP contribution in [-0.2, 0) is 4.79 Å². The number of amides is 2. The van der Waals surface area contributed by atoms with Gasteiger partial charge in [-0.3, -0.25) is 9.59 Å². The van der Waals surface area contributed by atoms with Crippen LogP contribution in [-0.4, -0.2) is 11.8 Å². The van der Waals surface area contributed by atoms with Gasteiger partial charge in [-0.25, -0.2) is 0 Å². The quantitative estimate of drug-likeness (QED) is 0.437. The minimum Gasteiger partial charge on any atom is -0.323 e. The first-order chi connectivity index (χ1) is 13.9. The number of halogens is 3. The summed E-state index contributed by atoms with van der Waals surface area (Å²) in [6, 6.07) is 18.5. The van der Waals surface area contributed by atoms with Crippen LogP contribution in [0.25, 0.3) is 6.08 Å². The molecule has 0 spiro atoms. The Morgan fingerprint density at radius 3 is 2.07 bits per heavy atom. The monoisotopic (exact) mass is 444 g/mol. The third kappa shape index (κ3) is 6.09. The highest BCUT2D eigenvalue weighted by atomic mass is 35.5. The van der Waals surface area contributed by atoms with Crippen LogP contribution in [0.2, 0.25) is 15.1 Å². The van der Waals surface area contributed by atoms with Gasteiger partial charge in [0, 0.05) is 38.1 Å². The topological polar surface area (TPSA) is 58.2 Å². The molecular weight excluding hydrogens is 431 g/mol. The molecule has 0 aliphatic carbocycles. The van der Waals surface area contributed by atoms with Crippen molar-refractivity contribution in [2.45, 2.75) is 0 Å². The Morgan fingerprint density at radius 2 is 1.41 bits per heavy atom. The van der Waals surface area contributed by atoms with Crippen molar-refractivity contribution in [3.63, 3.8) is 0 Å². The summed E-state index contributed by atoms with van der Waals surface area (Å²) in [5, 5.41) is 6.99. The van der Waals surface area contributed by atoms with Gasteiger partial charge in [-0.15, -0.1) is 0 Å². The highest BCUT2D eigenvalue weighted by Gasteiger charge is 2.07. The smallest absolute Gasteiger partial charge is 0.255 e. The summed E-state index contributed by atoms with van der Waals surface area (Å²) in [5.74, 6) is -0.584. The first kappa shape index (κ1) is 20.9. The summed E-state index contributed by atoms with van der Waals surface area (Å²) in [6.07, 6.45) is 2.98. The van der Waals surface area contributed by atoms with Crippen LogP contribution in [0.4, 0.5) is 11.4 Å². The van der Waals surface area contributed by atoms with Crippen molar-refractivity contribution in [1.29, 1.82) is 0 Å². The summed E-state index contributed by atoms with van der Waals surface area (Å²) in [6.45, 7) is 0. The zero-order chi connectivity index (χ0) is 20.8. The molecule has 29 heavy (non-hydrogen) atoms. The Balaban J connectivity index is 1.59. The average molecular weight is 446 g/mol. The van der Waals surface area contributed by atoms with Crippen LogP contribution in [0.5, 0.6) is 0 Å². The van der Waals surface area contributed by atoms with E-state index in [1.54, 1.807) is 72.8 Å². The van der Waals surface area contributed by atoms with Gasteiger partial charge < -0.3 is 10.6 Å². The first-order valence-corrected chi connectivity index (χ1v) is 9.65. The predicted molar refractivity (Wildman–Crippen MR) is 120 cm³/mol. The third-order valence-electron chi connectivity index (χ3n) is 3.87. The number of nitrogens with one attached hydrogen (secondary N) is 2. The van der Waals surface area contributed by atoms with E-state index in [9.17, 15) is 9.59 Å². The first-order valence-electron chi connectivity index (χ1n) is 8.52. The van der Waals surface area contributed by atoms with Crippen LogP contribution in [0.15, 0.2) is 72.8 Å².